The van der Waals surface area contributed by atoms with Crippen LogP contribution in [0, 0.1) is 0 Å². The van der Waals surface area contributed by atoms with Gasteiger partial charge in [0.2, 0.25) is 0 Å². The van der Waals surface area contributed by atoms with Crippen molar-refractivity contribution in [1.29, 1.82) is 0 Å². The Labute approximate surface area is 62.3 Å². The van der Waals surface area contributed by atoms with Crippen LogP contribution in [0.2, 0.25) is 4.17 Å². The van der Waals surface area contributed by atoms with E-state index in [1.165, 1.54) is 27.9 Å². The topological polar surface area (TPSA) is 77.8 Å². The fourth-order valence-corrected chi connectivity index (χ4v) is 0. The zero-order valence-electron chi connectivity index (χ0n) is 4.20. The molecule has 6 heteroatoms. The molecule has 0 fully saturated rings. The van der Waals surface area contributed by atoms with Gasteiger partial charge in [0.15, 0.2) is 0 Å². The van der Waals surface area contributed by atoms with Crippen molar-refractivity contribution in [2.24, 2.45) is 0 Å². The van der Waals surface area contributed by atoms with Gasteiger partial charge in [0, 0.05) is 0 Å². The first-order valence-corrected chi connectivity index (χ1v) is 7.07. The fraction of sp³-hybridized carbons (Fsp3) is 1.00. The van der Waals surface area contributed by atoms with Crippen molar-refractivity contribution in [3.05, 3.63) is 0 Å². The van der Waals surface area contributed by atoms with Gasteiger partial charge in [0.25, 0.3) is 0 Å². The zero-order chi connectivity index (χ0) is 6.50. The summed E-state index contributed by atoms with van der Waals surface area (Å²) >= 11 is -3.82. The molecule has 0 spiro atoms. The quantitative estimate of drug-likeness (QED) is 0.378. The Kier molecular flexibility index (Phi) is 8.52. The third-order valence-electron chi connectivity index (χ3n) is 0. The second-order valence-corrected chi connectivity index (χ2v) is 2.67. The van der Waals surface area contributed by atoms with Gasteiger partial charge in [-0.2, -0.15) is 0 Å². The molecular formula is CH6AsNaO4. The second-order valence-electron chi connectivity index (χ2n) is 0.513. The number of hydrogen-bond acceptors (Lipinski definition) is 1. The molecular weight excluding hydrogens is 174 g/mol. The van der Waals surface area contributed by atoms with Crippen LogP contribution in [0.15, 0.2) is 0 Å². The van der Waals surface area contributed by atoms with E-state index in [1.807, 2.05) is 0 Å². The zero-order valence-corrected chi connectivity index (χ0v) is 8.07. The summed E-state index contributed by atoms with van der Waals surface area (Å²) in [7, 11) is 0. The number of rotatable bonds is 0. The Morgan fingerprint density at radius 2 is 1.29 bits per heavy atom. The third-order valence-corrected chi connectivity index (χ3v) is 0. The Balaban J connectivity index is 0. The molecule has 4 nitrogen and oxygen atoms in total. The van der Waals surface area contributed by atoms with Gasteiger partial charge in [-0.1, -0.05) is 0 Å². The molecule has 0 atom stereocenters. The summed E-state index contributed by atoms with van der Waals surface area (Å²) in [4.78, 5) is 0. The van der Waals surface area contributed by atoms with Crippen molar-refractivity contribution in [3.8, 4) is 0 Å². The van der Waals surface area contributed by atoms with Crippen molar-refractivity contribution in [2.75, 3.05) is 0 Å². The second kappa shape index (κ2) is 5.38. The van der Waals surface area contributed by atoms with Crippen LogP contribution in [-0.2, 0) is 3.74 Å². The van der Waals surface area contributed by atoms with Gasteiger partial charge in [-0.15, -0.1) is 0 Å². The summed E-state index contributed by atoms with van der Waals surface area (Å²) in [6, 6.07) is 0. The van der Waals surface area contributed by atoms with E-state index in [0.717, 1.165) is 0 Å². The Morgan fingerprint density at radius 1 is 1.29 bits per heavy atom. The molecule has 0 rings (SSSR count). The summed E-state index contributed by atoms with van der Waals surface area (Å²) in [5.74, 6) is 0. The van der Waals surface area contributed by atoms with Crippen LogP contribution in [0.4, 0.5) is 0 Å². The first-order chi connectivity index (χ1) is 3.00. The average Bonchev–Trinajstić information content (AvgIpc) is 1.36. The molecule has 0 amide bonds. The van der Waals surface area contributed by atoms with Crippen LogP contribution < -0.4 is 0 Å². The van der Waals surface area contributed by atoms with Crippen molar-refractivity contribution in [3.63, 3.8) is 0 Å². The molecule has 0 aromatic heterocycles. The standard InChI is InChI=1S/CH3.AsH3O4.Na/c;2-1(3,4)5;/h1H3;(H3,2,3,4,5);. The van der Waals surface area contributed by atoms with Gasteiger partial charge >= 0.3 is 62.6 Å². The summed E-state index contributed by atoms with van der Waals surface area (Å²) in [5, 5.41) is 0. The predicted octanol–water partition coefficient (Wildman–Crippen LogP) is -1.97. The van der Waals surface area contributed by atoms with Crippen LogP contribution >= 0.6 is 0 Å². The fourth-order valence-electron chi connectivity index (χ4n) is 0. The van der Waals surface area contributed by atoms with Gasteiger partial charge in [0.1, 0.15) is 0 Å². The van der Waals surface area contributed by atoms with E-state index in [4.69, 9.17) is 16.0 Å². The van der Waals surface area contributed by atoms with Crippen LogP contribution in [0.5, 0.6) is 0 Å². The Hall–Kier alpha value is 1.24. The molecule has 0 unspecified atom stereocenters. The molecule has 0 aliphatic carbocycles. The van der Waals surface area contributed by atoms with E-state index in [-0.39, 0.29) is 0 Å². The van der Waals surface area contributed by atoms with Crippen LogP contribution in [0.3, 0.4) is 0 Å². The van der Waals surface area contributed by atoms with E-state index in [2.05, 4.69) is 4.17 Å². The number of hydrogen-bond donors (Lipinski definition) is 3. The van der Waals surface area contributed by atoms with Crippen LogP contribution in [0.25, 0.3) is 0 Å². The predicted molar refractivity (Wildman–Crippen MR) is 24.7 cm³/mol. The third kappa shape index (κ3) is 130. The Morgan fingerprint density at radius 3 is 1.29 bits per heavy atom. The molecule has 0 bridgehead atoms. The Bertz CT molecular complexity index is 57.8. The van der Waals surface area contributed by atoms with E-state index in [0.29, 0.717) is 0 Å². The van der Waals surface area contributed by atoms with E-state index in [1.54, 1.807) is 0 Å². The summed E-state index contributed by atoms with van der Waals surface area (Å²) in [6.07, 6.45) is 0. The van der Waals surface area contributed by atoms with Crippen molar-refractivity contribution >= 4 is 42.4 Å². The minimum atomic E-state index is -5.12. The van der Waals surface area contributed by atoms with Gasteiger partial charge in [-0.3, -0.25) is 0 Å². The molecule has 0 aliphatic heterocycles. The van der Waals surface area contributed by atoms with Gasteiger partial charge in [-0.25, -0.2) is 0 Å². The molecule has 0 saturated carbocycles. The van der Waals surface area contributed by atoms with Gasteiger partial charge < -0.3 is 0 Å². The summed E-state index contributed by atoms with van der Waals surface area (Å²) in [5.41, 5.74) is 0. The monoisotopic (exact) mass is 180 g/mol. The normalized spacial score (nSPS) is 9.43. The van der Waals surface area contributed by atoms with E-state index in [9.17, 15) is 0 Å². The first kappa shape index (κ1) is 11.1. The molecule has 7 heavy (non-hydrogen) atoms. The van der Waals surface area contributed by atoms with Crippen LogP contribution in [-0.4, -0.2) is 54.7 Å². The molecule has 0 aliphatic rings. The van der Waals surface area contributed by atoms with Gasteiger partial charge in [-0.05, 0) is 0 Å². The molecule has 40 valence electrons. The van der Waals surface area contributed by atoms with Crippen molar-refractivity contribution in [2.45, 2.75) is 4.17 Å². The SMILES string of the molecule is O=[As](O)(O)O.[CH3][Na]. The van der Waals surface area contributed by atoms with Crippen LogP contribution in [0.1, 0.15) is 0 Å². The molecule has 0 saturated heterocycles. The molecule has 0 aromatic carbocycles. The molecule has 0 aromatic rings. The average molecular weight is 180 g/mol. The molecule has 0 radical (unpaired) electrons. The van der Waals surface area contributed by atoms with Crippen molar-refractivity contribution in [1.82, 2.24) is 0 Å². The summed E-state index contributed by atoms with van der Waals surface area (Å²) < 4.78 is 32.8. The van der Waals surface area contributed by atoms with E-state index < -0.39 is 14.5 Å². The molecule has 3 N–H and O–H groups in total. The van der Waals surface area contributed by atoms with E-state index >= 15 is 0 Å². The van der Waals surface area contributed by atoms with Crippen molar-refractivity contribution < 1.29 is 16.0 Å². The molecule has 0 heterocycles. The summed E-state index contributed by atoms with van der Waals surface area (Å²) in [6.45, 7) is 0. The van der Waals surface area contributed by atoms with Gasteiger partial charge in [0.05, 0.1) is 0 Å². The maximum atomic E-state index is 8.94. The minimum absolute atomic E-state index is 1.31. The maximum absolute atomic E-state index is 8.94. The first-order valence-electron chi connectivity index (χ1n) is 1.78.